The Bertz CT molecular complexity index is 733. The number of nitrogens with zero attached hydrogens (tertiary/aromatic N) is 1. The molecule has 0 radical (unpaired) electrons. The maximum absolute atomic E-state index is 12.6. The molecule has 1 aromatic rings. The van der Waals surface area contributed by atoms with Gasteiger partial charge in [0, 0.05) is 31.8 Å². The molecule has 1 aromatic carbocycles. The van der Waals surface area contributed by atoms with Crippen molar-refractivity contribution in [2.45, 2.75) is 57.8 Å². The van der Waals surface area contributed by atoms with Crippen LogP contribution in [-0.2, 0) is 9.59 Å². The zero-order valence-corrected chi connectivity index (χ0v) is 15.4. The van der Waals surface area contributed by atoms with E-state index >= 15 is 0 Å². The molecule has 1 fully saturated rings. The average Bonchev–Trinajstić information content (AvgIpc) is 2.73. The first-order chi connectivity index (χ1) is 12.3. The number of amides is 3. The molecule has 3 amide bonds. The Morgan fingerprint density at radius 2 is 1.96 bits per heavy atom. The molecule has 140 valence electrons. The number of fused-ring (bicyclic) bond motifs is 1. The standard InChI is InChI=1S/C19H25N3O4/c1-12(2)20-17(24)13(3)22-11-10-19(9-8-16(22)23)21-18(25)14-6-4-5-7-15(14)26-19/h4-7,12-13H,8-11H2,1-3H3,(H,20,24)(H,21,25). The second kappa shape index (κ2) is 6.97. The molecule has 7 heteroatoms. The number of ether oxygens (including phenoxy) is 1. The Morgan fingerprint density at radius 1 is 1.23 bits per heavy atom. The molecule has 0 saturated carbocycles. The van der Waals surface area contributed by atoms with Crippen LogP contribution in [0, 0.1) is 0 Å². The van der Waals surface area contributed by atoms with E-state index in [1.54, 1.807) is 30.0 Å². The molecule has 2 aliphatic rings. The topological polar surface area (TPSA) is 87.7 Å². The molecule has 0 aliphatic carbocycles. The molecule has 2 atom stereocenters. The van der Waals surface area contributed by atoms with Crippen LogP contribution in [0.3, 0.4) is 0 Å². The van der Waals surface area contributed by atoms with Crippen molar-refractivity contribution in [3.63, 3.8) is 0 Å². The highest BCUT2D eigenvalue weighted by Crippen LogP contribution is 2.33. The number of nitrogens with one attached hydrogen (secondary N) is 2. The smallest absolute Gasteiger partial charge is 0.258 e. The maximum Gasteiger partial charge on any atom is 0.258 e. The third kappa shape index (κ3) is 3.52. The summed E-state index contributed by atoms with van der Waals surface area (Å²) in [5.74, 6) is 0.0503. The molecule has 1 spiro atoms. The summed E-state index contributed by atoms with van der Waals surface area (Å²) >= 11 is 0. The van der Waals surface area contributed by atoms with E-state index in [2.05, 4.69) is 10.6 Å². The zero-order chi connectivity index (χ0) is 18.9. The van der Waals surface area contributed by atoms with E-state index in [-0.39, 0.29) is 30.2 Å². The van der Waals surface area contributed by atoms with Gasteiger partial charge in [0.25, 0.3) is 5.91 Å². The van der Waals surface area contributed by atoms with Gasteiger partial charge >= 0.3 is 0 Å². The molecular formula is C19H25N3O4. The Morgan fingerprint density at radius 3 is 2.69 bits per heavy atom. The van der Waals surface area contributed by atoms with Crippen molar-refractivity contribution in [2.24, 2.45) is 0 Å². The first-order valence-electron chi connectivity index (χ1n) is 9.02. The van der Waals surface area contributed by atoms with Crippen molar-refractivity contribution >= 4 is 17.7 Å². The summed E-state index contributed by atoms with van der Waals surface area (Å²) in [5.41, 5.74) is -0.417. The highest BCUT2D eigenvalue weighted by atomic mass is 16.5. The molecule has 0 aromatic heterocycles. The Balaban J connectivity index is 1.76. The minimum absolute atomic E-state index is 0.0100. The van der Waals surface area contributed by atoms with Gasteiger partial charge in [0.2, 0.25) is 11.8 Å². The monoisotopic (exact) mass is 359 g/mol. The van der Waals surface area contributed by atoms with Crippen LogP contribution in [0.5, 0.6) is 5.75 Å². The number of likely N-dealkylation sites (tertiary alicyclic amines) is 1. The van der Waals surface area contributed by atoms with Crippen molar-refractivity contribution in [3.8, 4) is 5.75 Å². The summed E-state index contributed by atoms with van der Waals surface area (Å²) in [6, 6.07) is 6.52. The lowest BCUT2D eigenvalue weighted by atomic mass is 10.0. The molecule has 1 saturated heterocycles. The molecule has 2 heterocycles. The zero-order valence-electron chi connectivity index (χ0n) is 15.4. The van der Waals surface area contributed by atoms with Crippen LogP contribution < -0.4 is 15.4 Å². The number of hydrogen-bond donors (Lipinski definition) is 2. The summed E-state index contributed by atoms with van der Waals surface area (Å²) in [4.78, 5) is 38.9. The number of carbonyl (C=O) groups excluding carboxylic acids is 3. The molecule has 0 bridgehead atoms. The fraction of sp³-hybridized carbons (Fsp3) is 0.526. The lowest BCUT2D eigenvalue weighted by Crippen LogP contribution is -2.56. The first kappa shape index (κ1) is 18.2. The van der Waals surface area contributed by atoms with Gasteiger partial charge in [-0.1, -0.05) is 12.1 Å². The van der Waals surface area contributed by atoms with Crippen molar-refractivity contribution in [3.05, 3.63) is 29.8 Å². The molecular weight excluding hydrogens is 334 g/mol. The largest absolute Gasteiger partial charge is 0.467 e. The van der Waals surface area contributed by atoms with Crippen LogP contribution in [0.4, 0.5) is 0 Å². The van der Waals surface area contributed by atoms with Gasteiger partial charge in [-0.3, -0.25) is 14.4 Å². The molecule has 2 aliphatic heterocycles. The van der Waals surface area contributed by atoms with E-state index < -0.39 is 11.8 Å². The summed E-state index contributed by atoms with van der Waals surface area (Å²) in [7, 11) is 0. The van der Waals surface area contributed by atoms with Crippen molar-refractivity contribution in [1.82, 2.24) is 15.5 Å². The third-order valence-electron chi connectivity index (χ3n) is 4.88. The number of benzene rings is 1. The van der Waals surface area contributed by atoms with Crippen molar-refractivity contribution in [2.75, 3.05) is 6.54 Å². The Kier molecular flexibility index (Phi) is 4.89. The van der Waals surface area contributed by atoms with Crippen molar-refractivity contribution < 1.29 is 19.1 Å². The van der Waals surface area contributed by atoms with Crippen LogP contribution in [-0.4, -0.2) is 47.0 Å². The van der Waals surface area contributed by atoms with Gasteiger partial charge in [0.15, 0.2) is 5.72 Å². The normalized spacial score (nSPS) is 23.8. The van der Waals surface area contributed by atoms with Crippen LogP contribution in [0.1, 0.15) is 50.4 Å². The molecule has 2 N–H and O–H groups in total. The maximum atomic E-state index is 12.6. The van der Waals surface area contributed by atoms with E-state index in [1.807, 2.05) is 19.9 Å². The average molecular weight is 359 g/mol. The lowest BCUT2D eigenvalue weighted by Gasteiger charge is -2.38. The Labute approximate surface area is 153 Å². The Hall–Kier alpha value is -2.57. The molecule has 2 unspecified atom stereocenters. The van der Waals surface area contributed by atoms with E-state index in [4.69, 9.17) is 4.74 Å². The number of hydrogen-bond acceptors (Lipinski definition) is 4. The summed E-state index contributed by atoms with van der Waals surface area (Å²) in [6.07, 6.45) is 1.01. The molecule has 3 rings (SSSR count). The van der Waals surface area contributed by atoms with E-state index in [9.17, 15) is 14.4 Å². The van der Waals surface area contributed by atoms with Crippen LogP contribution >= 0.6 is 0 Å². The van der Waals surface area contributed by atoms with Crippen LogP contribution in [0.2, 0.25) is 0 Å². The van der Waals surface area contributed by atoms with Gasteiger partial charge in [-0.15, -0.1) is 0 Å². The SMILES string of the molecule is CC(C)NC(=O)C(C)N1CCC2(CCC1=O)NC(=O)c1ccccc1O2. The van der Waals surface area contributed by atoms with Gasteiger partial charge in [-0.2, -0.15) is 0 Å². The summed E-state index contributed by atoms with van der Waals surface area (Å²) < 4.78 is 6.10. The van der Waals surface area contributed by atoms with Crippen LogP contribution in [0.15, 0.2) is 24.3 Å². The summed E-state index contributed by atoms with van der Waals surface area (Å²) in [6.45, 7) is 5.83. The fourth-order valence-corrected chi connectivity index (χ4v) is 3.44. The van der Waals surface area contributed by atoms with Gasteiger partial charge in [-0.05, 0) is 32.9 Å². The quantitative estimate of drug-likeness (QED) is 0.855. The highest BCUT2D eigenvalue weighted by Gasteiger charge is 2.43. The molecule has 26 heavy (non-hydrogen) atoms. The molecule has 7 nitrogen and oxygen atoms in total. The second-order valence-electron chi connectivity index (χ2n) is 7.22. The van der Waals surface area contributed by atoms with Crippen LogP contribution in [0.25, 0.3) is 0 Å². The number of carbonyl (C=O) groups is 3. The third-order valence-corrected chi connectivity index (χ3v) is 4.88. The minimum Gasteiger partial charge on any atom is -0.467 e. The summed E-state index contributed by atoms with van der Waals surface area (Å²) in [5, 5.41) is 5.77. The lowest BCUT2D eigenvalue weighted by molar-refractivity contribution is -0.139. The van der Waals surface area contributed by atoms with E-state index in [1.165, 1.54) is 0 Å². The predicted molar refractivity (Wildman–Crippen MR) is 95.6 cm³/mol. The van der Waals surface area contributed by atoms with Gasteiger partial charge in [-0.25, -0.2) is 0 Å². The minimum atomic E-state index is -0.913. The number of para-hydroxylation sites is 1. The van der Waals surface area contributed by atoms with E-state index in [0.29, 0.717) is 30.7 Å². The number of rotatable bonds is 3. The van der Waals surface area contributed by atoms with Crippen molar-refractivity contribution in [1.29, 1.82) is 0 Å². The predicted octanol–water partition coefficient (Wildman–Crippen LogP) is 1.43. The van der Waals surface area contributed by atoms with Gasteiger partial charge in [0.05, 0.1) is 5.56 Å². The van der Waals surface area contributed by atoms with E-state index in [0.717, 1.165) is 0 Å². The second-order valence-corrected chi connectivity index (χ2v) is 7.22. The van der Waals surface area contributed by atoms with Gasteiger partial charge in [0.1, 0.15) is 11.8 Å². The first-order valence-corrected chi connectivity index (χ1v) is 9.02. The fourth-order valence-electron chi connectivity index (χ4n) is 3.44. The van der Waals surface area contributed by atoms with Gasteiger partial charge < -0.3 is 20.3 Å². The highest BCUT2D eigenvalue weighted by molar-refractivity contribution is 5.98.